The fourth-order valence-electron chi connectivity index (χ4n) is 8.52. The number of rotatable bonds is 53. The van der Waals surface area contributed by atoms with Crippen LogP contribution in [-0.4, -0.2) is 68.5 Å². The molecule has 2 N–H and O–H groups in total. The quantitative estimate of drug-likeness (QED) is 0.0272. The van der Waals surface area contributed by atoms with Gasteiger partial charge in [-0.05, 0) is 57.8 Å². The van der Waals surface area contributed by atoms with Crippen molar-refractivity contribution in [3.63, 3.8) is 0 Å². The molecule has 0 heterocycles. The van der Waals surface area contributed by atoms with E-state index in [2.05, 4.69) is 43.5 Å². The third kappa shape index (κ3) is 52.4. The second kappa shape index (κ2) is 49.7. The van der Waals surface area contributed by atoms with E-state index < -0.39 is 26.6 Å². The highest BCUT2D eigenvalue weighted by Gasteiger charge is 2.23. The number of aliphatic hydroxyl groups excluding tert-OH is 1. The third-order valence-electron chi connectivity index (χ3n) is 13.1. The third-order valence-corrected chi connectivity index (χ3v) is 14.0. The lowest BCUT2D eigenvalue weighted by Gasteiger charge is -2.29. The molecule has 0 fully saturated rings. The van der Waals surface area contributed by atoms with Crippen LogP contribution in [0.5, 0.6) is 0 Å². The lowest BCUT2D eigenvalue weighted by atomic mass is 10.0. The Morgan fingerprint density at radius 3 is 1.21 bits per heavy atom. The molecule has 0 spiro atoms. The van der Waals surface area contributed by atoms with E-state index in [1.807, 2.05) is 27.2 Å². The van der Waals surface area contributed by atoms with Gasteiger partial charge in [0.25, 0.3) is 7.82 Å². The largest absolute Gasteiger partial charge is 0.756 e. The first-order valence-corrected chi connectivity index (χ1v) is 30.3. The van der Waals surface area contributed by atoms with Gasteiger partial charge < -0.3 is 28.8 Å². The van der Waals surface area contributed by atoms with Gasteiger partial charge in [0.15, 0.2) is 0 Å². The summed E-state index contributed by atoms with van der Waals surface area (Å²) in [6.07, 6.45) is 63.8. The van der Waals surface area contributed by atoms with Gasteiger partial charge >= 0.3 is 0 Å². The summed E-state index contributed by atoms with van der Waals surface area (Å²) in [5.74, 6) is -0.213. The number of nitrogens with zero attached hydrogens (tertiary/aromatic N) is 1. The van der Waals surface area contributed by atoms with Crippen LogP contribution in [0.2, 0.25) is 0 Å². The Morgan fingerprint density at radius 1 is 0.507 bits per heavy atom. The van der Waals surface area contributed by atoms with E-state index in [4.69, 9.17) is 9.05 Å². The fraction of sp³-hybridized carbons (Fsp3) is 0.879. The topological polar surface area (TPSA) is 108 Å². The molecule has 0 radical (unpaired) electrons. The van der Waals surface area contributed by atoms with Crippen LogP contribution < -0.4 is 10.2 Å². The lowest BCUT2D eigenvalue weighted by molar-refractivity contribution is -0.870. The molecule has 0 aliphatic carbocycles. The summed E-state index contributed by atoms with van der Waals surface area (Å²) in [6.45, 7) is 4.65. The van der Waals surface area contributed by atoms with E-state index in [1.165, 1.54) is 205 Å². The maximum atomic E-state index is 12.9. The van der Waals surface area contributed by atoms with Crippen molar-refractivity contribution in [2.45, 2.75) is 289 Å². The molecule has 0 aromatic carbocycles. The summed E-state index contributed by atoms with van der Waals surface area (Å²) in [7, 11) is 1.24. The second-order valence-corrected chi connectivity index (χ2v) is 22.4. The SMILES string of the molecule is CCCCCCCCC/C=C\CCCCCCCC(=O)NC(COP(=O)([O-])OCC[N+](C)(C)C)C(O)/C=C/CC/C=C/CCCCCCCCCCCCCCCCCCCCCCCCC. The van der Waals surface area contributed by atoms with Crippen LogP contribution in [0.4, 0.5) is 0 Å². The molecule has 0 saturated carbocycles. The normalized spacial score (nSPS) is 14.2. The maximum absolute atomic E-state index is 12.9. The number of phosphoric ester groups is 1. The molecule has 0 bridgehead atoms. The zero-order valence-electron chi connectivity index (χ0n) is 45.1. The van der Waals surface area contributed by atoms with Gasteiger partial charge in [-0.3, -0.25) is 9.36 Å². The molecule has 0 rings (SSSR count). The summed E-state index contributed by atoms with van der Waals surface area (Å²) in [5.41, 5.74) is 0. The van der Waals surface area contributed by atoms with Gasteiger partial charge in [-0.25, -0.2) is 0 Å². The number of amides is 1. The predicted molar refractivity (Wildman–Crippen MR) is 288 cm³/mol. The molecule has 0 aliphatic rings. The van der Waals surface area contributed by atoms with Gasteiger partial charge in [0, 0.05) is 6.42 Å². The second-order valence-electron chi connectivity index (χ2n) is 21.0. The van der Waals surface area contributed by atoms with Crippen LogP contribution in [0.1, 0.15) is 277 Å². The number of unbranched alkanes of at least 4 members (excludes halogenated alkanes) is 36. The van der Waals surface area contributed by atoms with E-state index in [-0.39, 0.29) is 12.5 Å². The molecule has 9 heteroatoms. The molecule has 3 atom stereocenters. The van der Waals surface area contributed by atoms with Crippen molar-refractivity contribution in [1.82, 2.24) is 5.32 Å². The van der Waals surface area contributed by atoms with Gasteiger partial charge in [0.05, 0.1) is 39.9 Å². The van der Waals surface area contributed by atoms with Crippen LogP contribution in [0, 0.1) is 0 Å². The van der Waals surface area contributed by atoms with E-state index >= 15 is 0 Å². The van der Waals surface area contributed by atoms with Crippen molar-refractivity contribution in [3.05, 3.63) is 36.5 Å². The maximum Gasteiger partial charge on any atom is 0.268 e. The van der Waals surface area contributed by atoms with Crippen LogP contribution >= 0.6 is 7.82 Å². The van der Waals surface area contributed by atoms with Crippen LogP contribution in [0.15, 0.2) is 36.5 Å². The van der Waals surface area contributed by atoms with Crippen LogP contribution in [0.25, 0.3) is 0 Å². The number of nitrogens with one attached hydrogen (secondary N) is 1. The summed E-state index contributed by atoms with van der Waals surface area (Å²) in [4.78, 5) is 25.4. The number of hydrogen-bond donors (Lipinski definition) is 2. The first kappa shape index (κ1) is 65.7. The van der Waals surface area contributed by atoms with Crippen molar-refractivity contribution in [1.29, 1.82) is 0 Å². The highest BCUT2D eigenvalue weighted by molar-refractivity contribution is 7.45. The van der Waals surface area contributed by atoms with Gasteiger partial charge in [-0.2, -0.15) is 0 Å². The van der Waals surface area contributed by atoms with Crippen LogP contribution in [-0.2, 0) is 18.4 Å². The highest BCUT2D eigenvalue weighted by Crippen LogP contribution is 2.38. The molecule has 67 heavy (non-hydrogen) atoms. The van der Waals surface area contributed by atoms with Gasteiger partial charge in [-0.1, -0.05) is 249 Å². The first-order chi connectivity index (χ1) is 32.5. The minimum atomic E-state index is -4.60. The molecule has 0 saturated heterocycles. The Bertz CT molecular complexity index is 1190. The zero-order valence-corrected chi connectivity index (χ0v) is 46.0. The standard InChI is InChI=1S/C58H113N2O6P/c1-6-8-10-12-14-16-18-20-22-24-25-26-27-28-29-30-31-32-33-34-35-36-37-39-41-43-45-47-49-51-57(61)56(55-66-67(63,64)65-54-53-60(3,4)5)59-58(62)52-50-48-46-44-42-40-38-23-21-19-17-15-13-11-9-7-2/h23,38,41,43,49,51,56-57,61H,6-22,24-37,39-40,42,44-48,50,52-55H2,1-5H3,(H-,59,62,63,64)/b38-23-,43-41+,51-49+. The smallest absolute Gasteiger partial charge is 0.268 e. The number of allylic oxidation sites excluding steroid dienone is 5. The Hall–Kier alpha value is -1.28. The van der Waals surface area contributed by atoms with Crippen molar-refractivity contribution in [2.75, 3.05) is 40.9 Å². The van der Waals surface area contributed by atoms with Crippen molar-refractivity contribution in [2.24, 2.45) is 0 Å². The molecule has 396 valence electrons. The fourth-order valence-corrected chi connectivity index (χ4v) is 9.24. The predicted octanol–water partition coefficient (Wildman–Crippen LogP) is 16.7. The average Bonchev–Trinajstić information content (AvgIpc) is 3.29. The van der Waals surface area contributed by atoms with E-state index in [1.54, 1.807) is 6.08 Å². The zero-order chi connectivity index (χ0) is 49.2. The number of aliphatic hydroxyl groups is 1. The van der Waals surface area contributed by atoms with Gasteiger partial charge in [-0.15, -0.1) is 0 Å². The molecule has 0 aromatic heterocycles. The molecule has 8 nitrogen and oxygen atoms in total. The highest BCUT2D eigenvalue weighted by atomic mass is 31.2. The first-order valence-electron chi connectivity index (χ1n) is 28.9. The van der Waals surface area contributed by atoms with Gasteiger partial charge in [0.2, 0.25) is 5.91 Å². The minimum absolute atomic E-state index is 0.00747. The van der Waals surface area contributed by atoms with Crippen LogP contribution in [0.3, 0.4) is 0 Å². The monoisotopic (exact) mass is 965 g/mol. The minimum Gasteiger partial charge on any atom is -0.756 e. The number of hydrogen-bond acceptors (Lipinski definition) is 6. The van der Waals surface area contributed by atoms with E-state index in [0.717, 1.165) is 51.4 Å². The number of likely N-dealkylation sites (N-methyl/N-ethyl adjacent to an activating group) is 1. The molecule has 0 aromatic rings. The van der Waals surface area contributed by atoms with E-state index in [0.29, 0.717) is 17.4 Å². The van der Waals surface area contributed by atoms with E-state index in [9.17, 15) is 19.4 Å². The van der Waals surface area contributed by atoms with Crippen molar-refractivity contribution < 1.29 is 32.9 Å². The molecule has 0 aliphatic heterocycles. The lowest BCUT2D eigenvalue weighted by Crippen LogP contribution is -2.45. The Kier molecular flexibility index (Phi) is 48.7. The molecule has 3 unspecified atom stereocenters. The van der Waals surface area contributed by atoms with Gasteiger partial charge in [0.1, 0.15) is 13.2 Å². The molecular formula is C58H113N2O6P. The van der Waals surface area contributed by atoms with Crippen molar-refractivity contribution >= 4 is 13.7 Å². The number of quaternary nitrogens is 1. The Balaban J connectivity index is 4.19. The Labute approximate surface area is 417 Å². The number of carbonyl (C=O) groups excluding carboxylic acids is 1. The summed E-state index contributed by atoms with van der Waals surface area (Å²) in [6, 6.07) is -0.907. The molecule has 1 amide bonds. The Morgan fingerprint density at radius 2 is 0.836 bits per heavy atom. The summed E-state index contributed by atoms with van der Waals surface area (Å²) < 4.78 is 23.3. The number of phosphoric acid groups is 1. The molecular weight excluding hydrogens is 852 g/mol. The average molecular weight is 966 g/mol. The summed E-state index contributed by atoms with van der Waals surface area (Å²) in [5, 5.41) is 13.8. The van der Waals surface area contributed by atoms with Crippen molar-refractivity contribution in [3.8, 4) is 0 Å². The summed E-state index contributed by atoms with van der Waals surface area (Å²) >= 11 is 0. The number of carbonyl (C=O) groups is 1.